The molecule has 3 aromatic rings. The largest absolute Gasteiger partial charge is 0.386 e. The zero-order chi connectivity index (χ0) is 23.8. The van der Waals surface area contributed by atoms with E-state index < -0.39 is 22.9 Å². The number of fused-ring (bicyclic) bond motifs is 1. The summed E-state index contributed by atoms with van der Waals surface area (Å²) in [5.74, 6) is 0.623. The minimum absolute atomic E-state index is 0.0870. The Morgan fingerprint density at radius 2 is 2.18 bits per heavy atom. The number of carbonyl (C=O) groups excluding carboxylic acids is 1. The normalized spacial score (nSPS) is 20.8. The molecule has 3 N–H and O–H groups in total. The quantitative estimate of drug-likeness (QED) is 0.494. The van der Waals surface area contributed by atoms with Crippen LogP contribution >= 0.6 is 11.3 Å². The van der Waals surface area contributed by atoms with Gasteiger partial charge in [0.25, 0.3) is 5.56 Å². The van der Waals surface area contributed by atoms with Crippen molar-refractivity contribution < 1.29 is 9.90 Å². The molecule has 1 aliphatic heterocycles. The van der Waals surface area contributed by atoms with E-state index in [0.717, 1.165) is 16.6 Å². The second-order valence-corrected chi connectivity index (χ2v) is 9.75. The average Bonchev–Trinajstić information content (AvgIpc) is 3.20. The van der Waals surface area contributed by atoms with Gasteiger partial charge in [-0.3, -0.25) is 19.1 Å². The van der Waals surface area contributed by atoms with Gasteiger partial charge in [-0.15, -0.1) is 11.3 Å². The fourth-order valence-electron chi connectivity index (χ4n) is 4.30. The molecule has 2 atom stereocenters. The summed E-state index contributed by atoms with van der Waals surface area (Å²) in [6.07, 6.45) is 4.57. The second kappa shape index (κ2) is 9.06. The van der Waals surface area contributed by atoms with Crippen molar-refractivity contribution in [1.82, 2.24) is 24.4 Å². The molecule has 0 aromatic carbocycles. The number of thiophene rings is 1. The van der Waals surface area contributed by atoms with Gasteiger partial charge >= 0.3 is 5.69 Å². The van der Waals surface area contributed by atoms with E-state index in [1.54, 1.807) is 30.1 Å². The lowest BCUT2D eigenvalue weighted by Gasteiger charge is -2.43. The molecule has 0 spiro atoms. The molecule has 4 heterocycles. The first-order valence-corrected chi connectivity index (χ1v) is 11.8. The molecule has 0 unspecified atom stereocenters. The number of piperidine rings is 1. The lowest BCUT2D eigenvalue weighted by molar-refractivity contribution is -0.140. The number of anilines is 1. The number of likely N-dealkylation sites (tertiary alicyclic amines) is 1. The Bertz CT molecular complexity index is 1290. The van der Waals surface area contributed by atoms with Crippen LogP contribution in [0.3, 0.4) is 0 Å². The molecule has 33 heavy (non-hydrogen) atoms. The van der Waals surface area contributed by atoms with Crippen LogP contribution < -0.4 is 16.6 Å². The molecule has 0 aliphatic carbocycles. The maximum absolute atomic E-state index is 12.8. The van der Waals surface area contributed by atoms with Crippen molar-refractivity contribution in [3.05, 3.63) is 49.9 Å². The molecule has 1 saturated heterocycles. The number of β-amino-alcohol motifs (C(OH)–C–C–N with tert-alkyl or cyclic N) is 1. The molecule has 0 saturated carbocycles. The van der Waals surface area contributed by atoms with Gasteiger partial charge < -0.3 is 15.3 Å². The lowest BCUT2D eigenvalue weighted by atomic mass is 9.88. The fourth-order valence-corrected chi connectivity index (χ4v) is 5.23. The van der Waals surface area contributed by atoms with Crippen LogP contribution in [0.25, 0.3) is 10.2 Å². The third kappa shape index (κ3) is 4.69. The molecule has 1 fully saturated rings. The van der Waals surface area contributed by atoms with Crippen LogP contribution in [0.5, 0.6) is 0 Å². The Morgan fingerprint density at radius 1 is 1.39 bits per heavy atom. The Labute approximate surface area is 194 Å². The van der Waals surface area contributed by atoms with Gasteiger partial charge in [-0.25, -0.2) is 14.8 Å². The summed E-state index contributed by atoms with van der Waals surface area (Å²) in [6, 6.07) is 1.54. The van der Waals surface area contributed by atoms with Crippen molar-refractivity contribution in [2.45, 2.75) is 51.7 Å². The molecule has 1 amide bonds. The molecule has 1 aliphatic rings. The standard InChI is InChI=1S/C22H28N6O4S/c1-4-14-9-15-18(24-12-25-20(15)33-14)23-7-5-17(29)27-8-6-16(22(3,32)11-27)28-10-13(2)19(30)26-21(28)31/h9-10,12,16,32H,4-8,11H2,1-3H3,(H,23,24,25)(H,26,30,31)/t16-,22-/m0/s1. The lowest BCUT2D eigenvalue weighted by Crippen LogP contribution is -2.56. The molecule has 4 rings (SSSR count). The summed E-state index contributed by atoms with van der Waals surface area (Å²) in [5, 5.41) is 15.3. The predicted octanol–water partition coefficient (Wildman–Crippen LogP) is 1.44. The second-order valence-electron chi connectivity index (χ2n) is 8.64. The number of H-pyrrole nitrogens is 1. The van der Waals surface area contributed by atoms with E-state index in [1.165, 1.54) is 22.0 Å². The van der Waals surface area contributed by atoms with Crippen molar-refractivity contribution in [3.63, 3.8) is 0 Å². The highest BCUT2D eigenvalue weighted by atomic mass is 32.1. The number of amides is 1. The first kappa shape index (κ1) is 23.1. The van der Waals surface area contributed by atoms with Crippen LogP contribution in [0.15, 0.2) is 28.2 Å². The smallest absolute Gasteiger partial charge is 0.328 e. The Hall–Kier alpha value is -3.05. The van der Waals surface area contributed by atoms with E-state index in [0.29, 0.717) is 30.9 Å². The van der Waals surface area contributed by atoms with Gasteiger partial charge in [0.15, 0.2) is 0 Å². The Morgan fingerprint density at radius 3 is 2.91 bits per heavy atom. The number of nitrogens with zero attached hydrogens (tertiary/aromatic N) is 4. The van der Waals surface area contributed by atoms with E-state index in [-0.39, 0.29) is 18.9 Å². The molecule has 0 radical (unpaired) electrons. The van der Waals surface area contributed by atoms with Gasteiger partial charge in [0.05, 0.1) is 18.0 Å². The van der Waals surface area contributed by atoms with Gasteiger partial charge in [0.2, 0.25) is 5.91 Å². The number of aromatic amines is 1. The van der Waals surface area contributed by atoms with E-state index in [1.807, 2.05) is 0 Å². The van der Waals surface area contributed by atoms with Gasteiger partial charge in [-0.1, -0.05) is 6.92 Å². The number of hydrogen-bond donors (Lipinski definition) is 3. The Balaban J connectivity index is 1.39. The zero-order valence-corrected chi connectivity index (χ0v) is 19.7. The molecule has 11 heteroatoms. The number of nitrogens with one attached hydrogen (secondary N) is 2. The summed E-state index contributed by atoms with van der Waals surface area (Å²) < 4.78 is 1.37. The van der Waals surface area contributed by atoms with E-state index in [4.69, 9.17) is 0 Å². The number of aliphatic hydroxyl groups is 1. The van der Waals surface area contributed by atoms with Gasteiger partial charge in [-0.05, 0) is 32.8 Å². The van der Waals surface area contributed by atoms with Crippen molar-refractivity contribution >= 4 is 33.3 Å². The number of aryl methyl sites for hydroxylation is 2. The predicted molar refractivity (Wildman–Crippen MR) is 127 cm³/mol. The molecule has 176 valence electrons. The fraction of sp³-hybridized carbons (Fsp3) is 0.500. The SMILES string of the molecule is CCc1cc2c(NCCC(=O)N3CC[C@H](n4cc(C)c(=O)[nH]c4=O)[C@@](C)(O)C3)ncnc2s1. The van der Waals surface area contributed by atoms with Crippen LogP contribution in [0.2, 0.25) is 0 Å². The summed E-state index contributed by atoms with van der Waals surface area (Å²) >= 11 is 1.64. The van der Waals surface area contributed by atoms with Crippen LogP contribution in [0.1, 0.15) is 43.2 Å². The maximum Gasteiger partial charge on any atom is 0.328 e. The van der Waals surface area contributed by atoms with E-state index >= 15 is 0 Å². The number of hydrogen-bond acceptors (Lipinski definition) is 8. The zero-order valence-electron chi connectivity index (χ0n) is 18.9. The van der Waals surface area contributed by atoms with Crippen LogP contribution in [-0.2, 0) is 11.2 Å². The minimum Gasteiger partial charge on any atom is -0.386 e. The monoisotopic (exact) mass is 472 g/mol. The van der Waals surface area contributed by atoms with Crippen molar-refractivity contribution in [2.24, 2.45) is 0 Å². The number of rotatable bonds is 6. The molecular formula is C22H28N6O4S. The molecule has 0 bridgehead atoms. The van der Waals surface area contributed by atoms with Crippen molar-refractivity contribution in [3.8, 4) is 0 Å². The number of aromatic nitrogens is 4. The molecule has 10 nitrogen and oxygen atoms in total. The van der Waals surface area contributed by atoms with Crippen molar-refractivity contribution in [1.29, 1.82) is 0 Å². The third-order valence-electron chi connectivity index (χ3n) is 6.10. The highest BCUT2D eigenvalue weighted by Gasteiger charge is 2.41. The maximum atomic E-state index is 12.8. The minimum atomic E-state index is -1.32. The van der Waals surface area contributed by atoms with E-state index in [9.17, 15) is 19.5 Å². The Kier molecular flexibility index (Phi) is 6.35. The first-order valence-electron chi connectivity index (χ1n) is 11.0. The van der Waals surface area contributed by atoms with Gasteiger partial charge in [-0.2, -0.15) is 0 Å². The highest BCUT2D eigenvalue weighted by Crippen LogP contribution is 2.31. The van der Waals surface area contributed by atoms with E-state index in [2.05, 4.69) is 33.3 Å². The summed E-state index contributed by atoms with van der Waals surface area (Å²) in [6.45, 7) is 6.23. The van der Waals surface area contributed by atoms with Crippen LogP contribution in [-0.4, -0.2) is 60.7 Å². The summed E-state index contributed by atoms with van der Waals surface area (Å²) in [4.78, 5) is 51.5. The summed E-state index contributed by atoms with van der Waals surface area (Å²) in [7, 11) is 0. The highest BCUT2D eigenvalue weighted by molar-refractivity contribution is 7.18. The molecule has 3 aromatic heterocycles. The molecular weight excluding hydrogens is 444 g/mol. The van der Waals surface area contributed by atoms with Crippen LogP contribution in [0.4, 0.5) is 5.82 Å². The first-order chi connectivity index (χ1) is 15.7. The van der Waals surface area contributed by atoms with Gasteiger partial charge in [0, 0.05) is 36.1 Å². The van der Waals surface area contributed by atoms with Crippen molar-refractivity contribution in [2.75, 3.05) is 25.0 Å². The number of carbonyl (C=O) groups is 1. The summed E-state index contributed by atoms with van der Waals surface area (Å²) in [5.41, 5.74) is -1.92. The average molecular weight is 473 g/mol. The topological polar surface area (TPSA) is 133 Å². The van der Waals surface area contributed by atoms with Crippen LogP contribution in [0, 0.1) is 6.92 Å². The third-order valence-corrected chi connectivity index (χ3v) is 7.28. The van der Waals surface area contributed by atoms with Gasteiger partial charge in [0.1, 0.15) is 22.6 Å².